The molecule has 0 bridgehead atoms. The Labute approximate surface area is 263 Å². The van der Waals surface area contributed by atoms with Crippen LogP contribution in [-0.2, 0) is 11.8 Å². The van der Waals surface area contributed by atoms with E-state index in [0.717, 1.165) is 23.1 Å². The van der Waals surface area contributed by atoms with Crippen LogP contribution in [0, 0.1) is 0 Å². The van der Waals surface area contributed by atoms with Gasteiger partial charge in [0.05, 0.1) is 27.5 Å². The Hall–Kier alpha value is -4.81. The van der Waals surface area contributed by atoms with Gasteiger partial charge in [-0.1, -0.05) is 100.0 Å². The molecule has 6 nitrogen and oxygen atoms in total. The number of para-hydroxylation sites is 1. The van der Waals surface area contributed by atoms with Crippen LogP contribution in [0.1, 0.15) is 72.0 Å². The number of carbonyl (C=O) groups excluding carboxylic acids is 2. The van der Waals surface area contributed by atoms with Crippen LogP contribution in [0.15, 0.2) is 102 Å². The Bertz CT molecular complexity index is 1870. The van der Waals surface area contributed by atoms with Gasteiger partial charge < -0.3 is 5.32 Å². The van der Waals surface area contributed by atoms with E-state index in [9.17, 15) is 9.59 Å². The number of aromatic nitrogens is 1. The topological polar surface area (TPSA) is 83.5 Å². The summed E-state index contributed by atoms with van der Waals surface area (Å²) in [5.74, 6) is -0.581. The lowest BCUT2D eigenvalue weighted by atomic mass is 9.87. The zero-order chi connectivity index (χ0) is 31.4. The quantitative estimate of drug-likeness (QED) is 0.144. The number of nitrogens with one attached hydrogen (secondary N) is 2. The smallest absolute Gasteiger partial charge is 0.272 e. The van der Waals surface area contributed by atoms with Gasteiger partial charge >= 0.3 is 0 Å². The largest absolute Gasteiger partial charge is 0.322 e. The van der Waals surface area contributed by atoms with Crippen molar-refractivity contribution < 1.29 is 9.59 Å². The third-order valence-corrected chi connectivity index (χ3v) is 7.87. The number of fused-ring (bicyclic) bond motifs is 1. The number of nitrogens with zero attached hydrogens (tertiary/aromatic N) is 2. The Morgan fingerprint density at radius 3 is 2.23 bits per heavy atom. The highest BCUT2D eigenvalue weighted by atomic mass is 35.5. The van der Waals surface area contributed by atoms with E-state index < -0.39 is 0 Å². The van der Waals surface area contributed by atoms with Gasteiger partial charge in [0.1, 0.15) is 0 Å². The van der Waals surface area contributed by atoms with E-state index in [1.165, 1.54) is 5.56 Å². The van der Waals surface area contributed by atoms with Crippen molar-refractivity contribution in [2.45, 2.75) is 46.5 Å². The van der Waals surface area contributed by atoms with Crippen LogP contribution in [0.2, 0.25) is 5.02 Å². The first kappa shape index (κ1) is 30.6. The van der Waals surface area contributed by atoms with Gasteiger partial charge in [-0.25, -0.2) is 10.4 Å². The molecule has 0 spiro atoms. The molecule has 2 amide bonds. The van der Waals surface area contributed by atoms with Gasteiger partial charge in [-0.2, -0.15) is 5.10 Å². The molecule has 0 aliphatic heterocycles. The highest BCUT2D eigenvalue weighted by Crippen LogP contribution is 2.29. The lowest BCUT2D eigenvalue weighted by molar-refractivity contribution is 0.0955. The maximum atomic E-state index is 13.5. The van der Waals surface area contributed by atoms with Crippen molar-refractivity contribution in [1.29, 1.82) is 0 Å². The molecular weight excluding hydrogens is 568 g/mol. The molecule has 222 valence electrons. The van der Waals surface area contributed by atoms with Gasteiger partial charge in [0, 0.05) is 22.2 Å². The monoisotopic (exact) mass is 602 g/mol. The van der Waals surface area contributed by atoms with Gasteiger partial charge in [-0.3, -0.25) is 9.59 Å². The first-order valence-corrected chi connectivity index (χ1v) is 15.0. The summed E-state index contributed by atoms with van der Waals surface area (Å²) in [7, 11) is 0. The van der Waals surface area contributed by atoms with Crippen LogP contribution in [0.25, 0.3) is 22.2 Å². The summed E-state index contributed by atoms with van der Waals surface area (Å²) < 4.78 is 0. The van der Waals surface area contributed by atoms with Crippen molar-refractivity contribution in [2.75, 3.05) is 5.32 Å². The lowest BCUT2D eigenvalue weighted by Crippen LogP contribution is -2.20. The van der Waals surface area contributed by atoms with Crippen LogP contribution in [0.3, 0.4) is 0 Å². The fourth-order valence-electron chi connectivity index (χ4n) is 4.87. The van der Waals surface area contributed by atoms with Crippen molar-refractivity contribution in [2.24, 2.45) is 5.10 Å². The van der Waals surface area contributed by atoms with Crippen LogP contribution >= 0.6 is 11.6 Å². The molecule has 5 rings (SSSR count). The summed E-state index contributed by atoms with van der Waals surface area (Å²) in [6.45, 7) is 10.3. The third kappa shape index (κ3) is 6.87. The molecule has 1 aromatic heterocycles. The van der Waals surface area contributed by atoms with Gasteiger partial charge in [0.15, 0.2) is 0 Å². The fraction of sp³-hybridized carbons (Fsp3) is 0.189. The molecular formula is C37H35ClN4O2. The van der Waals surface area contributed by atoms with Crippen LogP contribution < -0.4 is 10.7 Å². The van der Waals surface area contributed by atoms with Crippen LogP contribution in [0.4, 0.5) is 5.69 Å². The third-order valence-electron chi connectivity index (χ3n) is 7.57. The molecule has 0 aliphatic rings. The van der Waals surface area contributed by atoms with E-state index in [1.807, 2.05) is 66.7 Å². The molecule has 0 radical (unpaired) electrons. The summed E-state index contributed by atoms with van der Waals surface area (Å²) in [4.78, 5) is 31.2. The summed E-state index contributed by atoms with van der Waals surface area (Å²) in [5.41, 5.74) is 10.1. The molecule has 0 saturated heterocycles. The highest BCUT2D eigenvalue weighted by Gasteiger charge is 2.17. The number of rotatable bonds is 7. The molecule has 0 fully saturated rings. The number of halogens is 1. The van der Waals surface area contributed by atoms with Gasteiger partial charge in [0.25, 0.3) is 11.8 Å². The predicted octanol–water partition coefficient (Wildman–Crippen LogP) is 8.82. The lowest BCUT2D eigenvalue weighted by Gasteiger charge is -2.19. The average molecular weight is 603 g/mol. The molecule has 0 aliphatic carbocycles. The minimum atomic E-state index is -0.381. The van der Waals surface area contributed by atoms with E-state index in [1.54, 1.807) is 25.1 Å². The zero-order valence-electron chi connectivity index (χ0n) is 25.5. The Kier molecular flexibility index (Phi) is 8.93. The van der Waals surface area contributed by atoms with Crippen molar-refractivity contribution >= 4 is 45.7 Å². The standard InChI is InChI=1S/C37H35ClN4O2/c1-6-24-13-15-25(16-14-24)33-22-31(30-11-8-12-32(38)34(30)40-33)36(44)42-41-23(2)27-9-7-10-29(21-27)39-35(43)26-17-19-28(20-18-26)37(3,4)5/h7-22H,6H2,1-5H3,(H,39,43)(H,42,44)/b41-23-. The van der Waals surface area contributed by atoms with Crippen molar-refractivity contribution in [3.8, 4) is 11.3 Å². The number of aryl methyl sites for hydroxylation is 1. The Morgan fingerprint density at radius 2 is 1.55 bits per heavy atom. The second-order valence-corrected chi connectivity index (χ2v) is 12.1. The summed E-state index contributed by atoms with van der Waals surface area (Å²) in [6, 6.07) is 30.3. The fourth-order valence-corrected chi connectivity index (χ4v) is 5.08. The first-order valence-electron chi connectivity index (χ1n) is 14.6. The number of benzene rings is 4. The summed E-state index contributed by atoms with van der Waals surface area (Å²) in [6.07, 6.45) is 0.934. The minimum absolute atomic E-state index is 0.0101. The van der Waals surface area contributed by atoms with Crippen molar-refractivity contribution in [3.63, 3.8) is 0 Å². The zero-order valence-corrected chi connectivity index (χ0v) is 26.3. The average Bonchev–Trinajstić information content (AvgIpc) is 3.03. The van der Waals surface area contributed by atoms with E-state index in [4.69, 9.17) is 16.6 Å². The Balaban J connectivity index is 1.36. The number of amides is 2. The molecule has 1 heterocycles. The first-order chi connectivity index (χ1) is 21.0. The minimum Gasteiger partial charge on any atom is -0.322 e. The molecule has 0 unspecified atom stereocenters. The molecule has 7 heteroatoms. The van der Waals surface area contributed by atoms with E-state index in [-0.39, 0.29) is 17.2 Å². The number of carbonyl (C=O) groups is 2. The number of anilines is 1. The van der Waals surface area contributed by atoms with Crippen LogP contribution in [-0.4, -0.2) is 22.5 Å². The maximum absolute atomic E-state index is 13.5. The molecule has 0 saturated carbocycles. The summed E-state index contributed by atoms with van der Waals surface area (Å²) in [5, 5.41) is 8.44. The second-order valence-electron chi connectivity index (χ2n) is 11.7. The molecule has 5 aromatic rings. The molecule has 4 aromatic carbocycles. The van der Waals surface area contributed by atoms with E-state index in [2.05, 4.69) is 55.7 Å². The SMILES string of the molecule is CCc1ccc(-c2cc(C(=O)N/N=C(/C)c3cccc(NC(=O)c4ccc(C(C)(C)C)cc4)c3)c3cccc(Cl)c3n2)cc1. The second kappa shape index (κ2) is 12.8. The number of hydrazone groups is 1. The van der Waals surface area contributed by atoms with Gasteiger partial charge in [-0.05, 0) is 71.8 Å². The molecule has 2 N–H and O–H groups in total. The number of hydrogen-bond donors (Lipinski definition) is 2. The number of hydrogen-bond acceptors (Lipinski definition) is 4. The van der Waals surface area contributed by atoms with Crippen LogP contribution in [0.5, 0.6) is 0 Å². The maximum Gasteiger partial charge on any atom is 0.272 e. The van der Waals surface area contributed by atoms with E-state index >= 15 is 0 Å². The van der Waals surface area contributed by atoms with E-state index in [0.29, 0.717) is 44.1 Å². The normalized spacial score (nSPS) is 11.8. The highest BCUT2D eigenvalue weighted by molar-refractivity contribution is 6.35. The van der Waals surface area contributed by atoms with Gasteiger partial charge in [0.2, 0.25) is 0 Å². The summed E-state index contributed by atoms with van der Waals surface area (Å²) >= 11 is 6.51. The predicted molar refractivity (Wildman–Crippen MR) is 181 cm³/mol. The Morgan fingerprint density at radius 1 is 0.841 bits per heavy atom. The number of pyridine rings is 1. The van der Waals surface area contributed by atoms with Crippen molar-refractivity contribution in [1.82, 2.24) is 10.4 Å². The van der Waals surface area contributed by atoms with Gasteiger partial charge in [-0.15, -0.1) is 0 Å². The molecule has 0 atom stereocenters. The molecule has 44 heavy (non-hydrogen) atoms. The van der Waals surface area contributed by atoms with Crippen molar-refractivity contribution in [3.05, 3.63) is 130 Å².